The molecule has 0 saturated carbocycles. The Morgan fingerprint density at radius 2 is 0.600 bits per heavy atom. The standard InChI is InChI=1S/2O.H2S.2Tb/h;;1H2;;/q2*-2;;;. The van der Waals surface area contributed by atoms with Gasteiger partial charge in [0.05, 0.1) is 0 Å². The summed E-state index contributed by atoms with van der Waals surface area (Å²) in [6, 6.07) is 0. The van der Waals surface area contributed by atoms with Crippen LogP contribution in [0.4, 0.5) is 0 Å². The maximum atomic E-state index is 0. The van der Waals surface area contributed by atoms with Crippen LogP contribution in [0.3, 0.4) is 0 Å². The van der Waals surface area contributed by atoms with Gasteiger partial charge in [-0.1, -0.05) is 0 Å². The van der Waals surface area contributed by atoms with Gasteiger partial charge in [-0.25, -0.2) is 0 Å². The van der Waals surface area contributed by atoms with Gasteiger partial charge in [0, 0.05) is 77.2 Å². The second-order valence-corrected chi connectivity index (χ2v) is 0. The quantitative estimate of drug-likeness (QED) is 0.560. The van der Waals surface area contributed by atoms with Crippen molar-refractivity contribution in [1.29, 1.82) is 0 Å². The predicted octanol–water partition coefficient (Wildman–Crippen LogP) is -0.125. The van der Waals surface area contributed by atoms with E-state index < -0.39 is 0 Å². The monoisotopic (exact) mass is 384 g/mol. The smallest absolute Gasteiger partial charge is 0 e. The fraction of sp³-hybridized carbons (Fsp3) is 0. The van der Waals surface area contributed by atoms with E-state index in [4.69, 9.17) is 0 Å². The molecule has 0 atom stereocenters. The molecular weight excluding hydrogens is 382 g/mol. The van der Waals surface area contributed by atoms with Gasteiger partial charge < -0.3 is 11.0 Å². The summed E-state index contributed by atoms with van der Waals surface area (Å²) >= 11 is 0. The third kappa shape index (κ3) is 19.9. The topological polar surface area (TPSA) is 57.0 Å². The van der Waals surface area contributed by atoms with E-state index in [1.54, 1.807) is 0 Å². The Kier molecular flexibility index (Phi) is 263. The molecule has 0 aliphatic heterocycles. The molecule has 0 aromatic heterocycles. The van der Waals surface area contributed by atoms with E-state index in [0.717, 1.165) is 0 Å². The second-order valence-electron chi connectivity index (χ2n) is 0. The van der Waals surface area contributed by atoms with Gasteiger partial charge >= 0.3 is 0 Å². The van der Waals surface area contributed by atoms with Gasteiger partial charge in [0.25, 0.3) is 0 Å². The first-order valence-electron chi connectivity index (χ1n) is 0. The van der Waals surface area contributed by atoms with Crippen molar-refractivity contribution in [3.05, 3.63) is 0 Å². The van der Waals surface area contributed by atoms with Crippen LogP contribution >= 0.6 is 13.5 Å². The van der Waals surface area contributed by atoms with E-state index >= 15 is 0 Å². The van der Waals surface area contributed by atoms with E-state index in [2.05, 4.69) is 0 Å². The summed E-state index contributed by atoms with van der Waals surface area (Å²) in [5, 5.41) is 0. The van der Waals surface area contributed by atoms with E-state index in [1.165, 1.54) is 0 Å². The van der Waals surface area contributed by atoms with Crippen molar-refractivity contribution in [2.24, 2.45) is 0 Å². The van der Waals surface area contributed by atoms with Crippen molar-refractivity contribution in [2.45, 2.75) is 0 Å². The Balaban J connectivity index is 0. The molecular formula is H2O2STb2-4. The maximum Gasteiger partial charge on any atom is 0 e. The largest absolute Gasteiger partial charge is 2.00 e. The van der Waals surface area contributed by atoms with Crippen LogP contribution < -0.4 is 0 Å². The first-order chi connectivity index (χ1) is 0. The zero-order chi connectivity index (χ0) is 0. The molecule has 0 N–H and O–H groups in total. The Hall–Kier alpha value is 2.84. The van der Waals surface area contributed by atoms with Gasteiger partial charge in [0.15, 0.2) is 0 Å². The van der Waals surface area contributed by atoms with Gasteiger partial charge in [0.1, 0.15) is 0 Å². The molecule has 2 radical (unpaired) electrons. The van der Waals surface area contributed by atoms with E-state index in [0.29, 0.717) is 0 Å². The van der Waals surface area contributed by atoms with Crippen molar-refractivity contribution < 1.29 is 88.2 Å². The first-order valence-corrected chi connectivity index (χ1v) is 0. The van der Waals surface area contributed by atoms with Gasteiger partial charge in [0.2, 0.25) is 0 Å². The Bertz CT molecular complexity index is 7.61. The Labute approximate surface area is 99.4 Å². The van der Waals surface area contributed by atoms with E-state index in [1.807, 2.05) is 0 Å². The minimum Gasteiger partial charge on any atom is -2.00 e. The molecule has 0 spiro atoms. The SMILES string of the molecule is S.[O-2].[O-2].[Tb].[Tb]. The molecule has 0 aliphatic carbocycles. The fourth-order valence-corrected chi connectivity index (χ4v) is 0. The number of hydrogen-bond acceptors (Lipinski definition) is 0. The van der Waals surface area contributed by atoms with Crippen LogP contribution in [0.15, 0.2) is 0 Å². The fourth-order valence-electron chi connectivity index (χ4n) is 0. The Morgan fingerprint density at radius 3 is 0.600 bits per heavy atom. The molecule has 0 unspecified atom stereocenters. The molecule has 0 aromatic carbocycles. The molecule has 0 aromatic rings. The molecule has 0 saturated heterocycles. The predicted molar refractivity (Wildman–Crippen MR) is 11.8 cm³/mol. The summed E-state index contributed by atoms with van der Waals surface area (Å²) < 4.78 is 0. The molecule has 0 aliphatic rings. The first kappa shape index (κ1) is 45.5. The van der Waals surface area contributed by atoms with Gasteiger partial charge in [-0.05, 0) is 0 Å². The molecule has 0 rings (SSSR count). The normalized spacial score (nSPS) is 0. The Morgan fingerprint density at radius 1 is 0.600 bits per heavy atom. The van der Waals surface area contributed by atoms with Crippen LogP contribution in [0, 0.1) is 77.2 Å². The third-order valence-corrected chi connectivity index (χ3v) is 0. The van der Waals surface area contributed by atoms with Crippen molar-refractivity contribution in [2.75, 3.05) is 0 Å². The van der Waals surface area contributed by atoms with Crippen LogP contribution in [-0.4, -0.2) is 0 Å². The second kappa shape index (κ2) is 28.9. The van der Waals surface area contributed by atoms with Crippen LogP contribution in [0.1, 0.15) is 0 Å². The van der Waals surface area contributed by atoms with E-state index in [-0.39, 0.29) is 102 Å². The summed E-state index contributed by atoms with van der Waals surface area (Å²) in [6.45, 7) is 0. The van der Waals surface area contributed by atoms with Gasteiger partial charge in [-0.15, -0.1) is 0 Å². The molecule has 2 nitrogen and oxygen atoms in total. The number of rotatable bonds is 0. The summed E-state index contributed by atoms with van der Waals surface area (Å²) in [5.74, 6) is 0. The van der Waals surface area contributed by atoms with Crippen LogP contribution in [0.5, 0.6) is 0 Å². The van der Waals surface area contributed by atoms with Crippen molar-refractivity contribution in [3.63, 3.8) is 0 Å². The van der Waals surface area contributed by atoms with Crippen molar-refractivity contribution >= 4 is 13.5 Å². The van der Waals surface area contributed by atoms with E-state index in [9.17, 15) is 0 Å². The van der Waals surface area contributed by atoms with Crippen molar-refractivity contribution in [1.82, 2.24) is 0 Å². The zero-order valence-corrected chi connectivity index (χ0v) is 7.26. The molecule has 5 heavy (non-hydrogen) atoms. The molecule has 0 bridgehead atoms. The average molecular weight is 384 g/mol. The minimum atomic E-state index is 0. The summed E-state index contributed by atoms with van der Waals surface area (Å²) in [6.07, 6.45) is 0. The van der Waals surface area contributed by atoms with Crippen molar-refractivity contribution in [3.8, 4) is 0 Å². The third-order valence-electron chi connectivity index (χ3n) is 0. The molecule has 42 valence electrons. The molecule has 0 amide bonds. The summed E-state index contributed by atoms with van der Waals surface area (Å²) in [4.78, 5) is 0. The minimum absolute atomic E-state index is 0. The molecule has 0 heterocycles. The molecule has 0 fully saturated rings. The zero-order valence-electron chi connectivity index (χ0n) is 1.98. The average Bonchev–Trinajstić information content (AvgIpc) is 0. The van der Waals surface area contributed by atoms with Crippen LogP contribution in [-0.2, 0) is 11.0 Å². The summed E-state index contributed by atoms with van der Waals surface area (Å²) in [7, 11) is 0. The number of hydrogen-bond donors (Lipinski definition) is 0. The van der Waals surface area contributed by atoms with Gasteiger partial charge in [-0.3, -0.25) is 0 Å². The summed E-state index contributed by atoms with van der Waals surface area (Å²) in [5.41, 5.74) is 0. The van der Waals surface area contributed by atoms with Gasteiger partial charge in [-0.2, -0.15) is 13.5 Å². The maximum absolute atomic E-state index is 0. The molecule has 5 heteroatoms. The van der Waals surface area contributed by atoms with Crippen LogP contribution in [0.25, 0.3) is 0 Å². The van der Waals surface area contributed by atoms with Crippen LogP contribution in [0.2, 0.25) is 0 Å².